The zero-order valence-corrected chi connectivity index (χ0v) is 27.6. The van der Waals surface area contributed by atoms with E-state index in [0.717, 1.165) is 23.8 Å². The second kappa shape index (κ2) is 13.8. The summed E-state index contributed by atoms with van der Waals surface area (Å²) in [5.41, 5.74) is 2.40. The molecule has 0 aliphatic heterocycles. The summed E-state index contributed by atoms with van der Waals surface area (Å²) in [6.45, 7) is 8.84. The Hall–Kier alpha value is -3.53. The van der Waals surface area contributed by atoms with E-state index in [1.165, 1.54) is 24.3 Å². The molecule has 1 N–H and O–H groups in total. The molecule has 6 nitrogen and oxygen atoms in total. The molecule has 1 aliphatic carbocycles. The second-order valence-corrected chi connectivity index (χ2v) is 14.7. The SMILES string of the molecule is CC(NC1C=C(F)C=CC1(F)S(=O)(=O)c1ccc(Cl)cc1)c1ccccc1OCCCN(C)C(=O)c1ccc(C(C)(C)C)cc1. The van der Waals surface area contributed by atoms with Gasteiger partial charge < -0.3 is 9.64 Å². The number of amides is 1. The van der Waals surface area contributed by atoms with Crippen LogP contribution in [0, 0.1) is 0 Å². The summed E-state index contributed by atoms with van der Waals surface area (Å²) in [4.78, 5) is 14.3. The lowest BCUT2D eigenvalue weighted by atomic mass is 9.86. The summed E-state index contributed by atoms with van der Waals surface area (Å²) in [5.74, 6) is -0.337. The van der Waals surface area contributed by atoms with Crippen molar-refractivity contribution in [2.75, 3.05) is 20.2 Å². The van der Waals surface area contributed by atoms with Crippen molar-refractivity contribution in [1.29, 1.82) is 0 Å². The van der Waals surface area contributed by atoms with Crippen molar-refractivity contribution >= 4 is 27.3 Å². The van der Waals surface area contributed by atoms with Gasteiger partial charge in [-0.2, -0.15) is 0 Å². The van der Waals surface area contributed by atoms with Gasteiger partial charge in [-0.25, -0.2) is 17.2 Å². The number of carbonyl (C=O) groups excluding carboxylic acids is 1. The Morgan fingerprint density at radius 1 is 1.07 bits per heavy atom. The summed E-state index contributed by atoms with van der Waals surface area (Å²) in [6.07, 6.45) is 3.02. The van der Waals surface area contributed by atoms with Gasteiger partial charge in [-0.1, -0.05) is 62.7 Å². The minimum atomic E-state index is -4.60. The Kier molecular flexibility index (Phi) is 10.6. The number of halogens is 3. The van der Waals surface area contributed by atoms with Crippen LogP contribution in [0.1, 0.15) is 61.6 Å². The van der Waals surface area contributed by atoms with Crippen molar-refractivity contribution in [3.05, 3.63) is 119 Å². The number of allylic oxidation sites excluding steroid dienone is 2. The van der Waals surface area contributed by atoms with Crippen LogP contribution in [-0.4, -0.2) is 50.5 Å². The van der Waals surface area contributed by atoms with Gasteiger partial charge in [0.05, 0.1) is 17.5 Å². The van der Waals surface area contributed by atoms with E-state index in [0.29, 0.717) is 41.5 Å². The lowest BCUT2D eigenvalue weighted by Gasteiger charge is -2.34. The molecule has 0 spiro atoms. The minimum Gasteiger partial charge on any atom is -0.493 e. The number of nitrogens with one attached hydrogen (secondary N) is 1. The van der Waals surface area contributed by atoms with Gasteiger partial charge in [-0.15, -0.1) is 0 Å². The molecule has 0 saturated heterocycles. The standard InChI is InChI=1S/C35H39ClF2N2O4S/c1-24(39-32-23-28(37)19-20-35(32,38)45(42,43)29-17-15-27(36)16-18-29)30-9-6-7-10-31(30)44-22-8-21-40(5)33(41)25-11-13-26(14-12-25)34(2,3)4/h6-7,9-20,23-24,32,39H,8,21-22H2,1-5H3. The number of rotatable bonds is 11. The third kappa shape index (κ3) is 7.83. The van der Waals surface area contributed by atoms with E-state index in [1.807, 2.05) is 24.3 Å². The predicted octanol–water partition coefficient (Wildman–Crippen LogP) is 7.76. The minimum absolute atomic E-state index is 0.00141. The van der Waals surface area contributed by atoms with Crippen molar-refractivity contribution in [3.63, 3.8) is 0 Å². The van der Waals surface area contributed by atoms with Crippen LogP contribution in [0.3, 0.4) is 0 Å². The first-order chi connectivity index (χ1) is 21.1. The quantitative estimate of drug-likeness (QED) is 0.214. The highest BCUT2D eigenvalue weighted by molar-refractivity contribution is 7.93. The summed E-state index contributed by atoms with van der Waals surface area (Å²) in [6, 6.07) is 17.7. The van der Waals surface area contributed by atoms with Crippen molar-refractivity contribution in [3.8, 4) is 5.75 Å². The molecule has 1 aliphatic rings. The monoisotopic (exact) mass is 656 g/mol. The highest BCUT2D eigenvalue weighted by Gasteiger charge is 2.51. The third-order valence-corrected chi connectivity index (χ3v) is 10.2. The van der Waals surface area contributed by atoms with Crippen molar-refractivity contribution in [2.45, 2.75) is 61.5 Å². The molecule has 3 aromatic carbocycles. The summed E-state index contributed by atoms with van der Waals surface area (Å²) in [7, 11) is -2.86. The van der Waals surface area contributed by atoms with E-state index in [2.05, 4.69) is 26.1 Å². The molecule has 0 heterocycles. The molecule has 0 saturated carbocycles. The fraction of sp³-hybridized carbons (Fsp3) is 0.343. The van der Waals surface area contributed by atoms with Gasteiger partial charge in [0, 0.05) is 35.8 Å². The number of hydrogen-bond donors (Lipinski definition) is 1. The maximum absolute atomic E-state index is 16.5. The predicted molar refractivity (Wildman–Crippen MR) is 175 cm³/mol. The average Bonchev–Trinajstić information content (AvgIpc) is 3.00. The van der Waals surface area contributed by atoms with Crippen LogP contribution < -0.4 is 10.1 Å². The van der Waals surface area contributed by atoms with Crippen LogP contribution in [0.5, 0.6) is 5.75 Å². The van der Waals surface area contributed by atoms with Gasteiger partial charge in [0.2, 0.25) is 9.84 Å². The van der Waals surface area contributed by atoms with Crippen molar-refractivity contribution in [1.82, 2.24) is 10.2 Å². The largest absolute Gasteiger partial charge is 0.493 e. The molecular formula is C35H39ClF2N2O4S. The first-order valence-corrected chi connectivity index (χ1v) is 16.6. The Morgan fingerprint density at radius 3 is 2.36 bits per heavy atom. The van der Waals surface area contributed by atoms with E-state index >= 15 is 4.39 Å². The van der Waals surface area contributed by atoms with Crippen LogP contribution in [0.4, 0.5) is 8.78 Å². The second-order valence-electron chi connectivity index (χ2n) is 12.2. The summed E-state index contributed by atoms with van der Waals surface area (Å²) < 4.78 is 63.8. The number of hydrogen-bond acceptors (Lipinski definition) is 5. The van der Waals surface area contributed by atoms with Crippen LogP contribution in [0.25, 0.3) is 0 Å². The van der Waals surface area contributed by atoms with Gasteiger partial charge in [0.25, 0.3) is 10.9 Å². The fourth-order valence-electron chi connectivity index (χ4n) is 5.09. The molecule has 3 unspecified atom stereocenters. The molecule has 4 rings (SSSR count). The first-order valence-electron chi connectivity index (χ1n) is 14.7. The van der Waals surface area contributed by atoms with Crippen LogP contribution in [0.2, 0.25) is 5.02 Å². The average molecular weight is 657 g/mol. The normalized spacial score (nSPS) is 19.1. The van der Waals surface area contributed by atoms with Crippen LogP contribution in [-0.2, 0) is 15.3 Å². The number of ether oxygens (including phenoxy) is 1. The number of nitrogens with zero attached hydrogens (tertiary/aromatic N) is 1. The van der Waals surface area contributed by atoms with E-state index in [4.69, 9.17) is 16.3 Å². The Balaban J connectivity index is 1.41. The van der Waals surface area contributed by atoms with Crippen LogP contribution >= 0.6 is 11.6 Å². The molecule has 45 heavy (non-hydrogen) atoms. The molecule has 0 aromatic heterocycles. The molecule has 10 heteroatoms. The molecule has 0 fully saturated rings. The zero-order chi connectivity index (χ0) is 33.0. The Bertz CT molecular complexity index is 1670. The van der Waals surface area contributed by atoms with E-state index in [-0.39, 0.29) is 16.2 Å². The topological polar surface area (TPSA) is 75.7 Å². The van der Waals surface area contributed by atoms with Gasteiger partial charge in [-0.3, -0.25) is 10.1 Å². The number of para-hydroxylation sites is 1. The van der Waals surface area contributed by atoms with Gasteiger partial charge in [0.15, 0.2) is 0 Å². The summed E-state index contributed by atoms with van der Waals surface area (Å²) >= 11 is 5.90. The van der Waals surface area contributed by atoms with Gasteiger partial charge in [-0.05, 0) is 85.0 Å². The number of carbonyl (C=O) groups is 1. The molecule has 0 radical (unpaired) electrons. The number of alkyl halides is 1. The Morgan fingerprint density at radius 2 is 1.71 bits per heavy atom. The smallest absolute Gasteiger partial charge is 0.253 e. The first kappa shape index (κ1) is 34.3. The van der Waals surface area contributed by atoms with E-state index in [1.54, 1.807) is 43.1 Å². The molecule has 0 bridgehead atoms. The van der Waals surface area contributed by atoms with Gasteiger partial charge in [0.1, 0.15) is 11.6 Å². The Labute approximate surface area is 269 Å². The number of benzene rings is 3. The highest BCUT2D eigenvalue weighted by Crippen LogP contribution is 2.38. The summed E-state index contributed by atoms with van der Waals surface area (Å²) in [5, 5.41) is 0.292. The van der Waals surface area contributed by atoms with Crippen molar-refractivity contribution in [2.24, 2.45) is 0 Å². The lowest BCUT2D eigenvalue weighted by Crippen LogP contribution is -2.52. The highest BCUT2D eigenvalue weighted by atomic mass is 35.5. The molecular weight excluding hydrogens is 618 g/mol. The third-order valence-electron chi connectivity index (χ3n) is 7.81. The van der Waals surface area contributed by atoms with E-state index in [9.17, 15) is 17.6 Å². The number of sulfone groups is 1. The molecule has 240 valence electrons. The molecule has 3 aromatic rings. The molecule has 3 atom stereocenters. The maximum Gasteiger partial charge on any atom is 0.253 e. The fourth-order valence-corrected chi connectivity index (χ4v) is 6.78. The van der Waals surface area contributed by atoms with Crippen molar-refractivity contribution < 1.29 is 26.7 Å². The van der Waals surface area contributed by atoms with Gasteiger partial charge >= 0.3 is 0 Å². The molecule has 1 amide bonds. The lowest BCUT2D eigenvalue weighted by molar-refractivity contribution is 0.0787. The van der Waals surface area contributed by atoms with Crippen LogP contribution in [0.15, 0.2) is 102 Å². The van der Waals surface area contributed by atoms with E-state index < -0.39 is 32.7 Å². The maximum atomic E-state index is 16.5. The zero-order valence-electron chi connectivity index (χ0n) is 26.1.